The zero-order chi connectivity index (χ0) is 16.0. The third kappa shape index (κ3) is 4.98. The van der Waals surface area contributed by atoms with Crippen LogP contribution in [0.15, 0.2) is 24.3 Å². The quantitative estimate of drug-likeness (QED) is 0.753. The van der Waals surface area contributed by atoms with Crippen molar-refractivity contribution < 1.29 is 22.3 Å². The average Bonchev–Trinajstić information content (AvgIpc) is 2.39. The second-order valence-electron chi connectivity index (χ2n) is 4.50. The van der Waals surface area contributed by atoms with Crippen LogP contribution in [0.5, 0.6) is 0 Å². The van der Waals surface area contributed by atoms with Crippen molar-refractivity contribution in [3.8, 4) is 0 Å². The Bertz CT molecular complexity index is 574. The smallest absolute Gasteiger partial charge is 0.243 e. The van der Waals surface area contributed by atoms with Gasteiger partial charge in [0, 0.05) is 13.7 Å². The molecule has 0 aliphatic carbocycles. The van der Waals surface area contributed by atoms with Gasteiger partial charge in [0.15, 0.2) is 0 Å². The van der Waals surface area contributed by atoms with E-state index in [-0.39, 0.29) is 12.2 Å². The monoisotopic (exact) mass is 318 g/mol. The van der Waals surface area contributed by atoms with Crippen LogP contribution in [0, 0.1) is 5.82 Å². The predicted molar refractivity (Wildman–Crippen MR) is 78.1 cm³/mol. The minimum Gasteiger partial charge on any atom is -0.383 e. The Balaban J connectivity index is 2.98. The number of carbonyl (C=O) groups excluding carboxylic acids is 1. The van der Waals surface area contributed by atoms with Crippen molar-refractivity contribution in [2.45, 2.75) is 13.0 Å². The van der Waals surface area contributed by atoms with Gasteiger partial charge in [0.25, 0.3) is 0 Å². The summed E-state index contributed by atoms with van der Waals surface area (Å²) in [5, 5.41) is 2.57. The van der Waals surface area contributed by atoms with E-state index in [9.17, 15) is 17.6 Å². The van der Waals surface area contributed by atoms with Crippen molar-refractivity contribution in [3.63, 3.8) is 0 Å². The van der Waals surface area contributed by atoms with Gasteiger partial charge in [-0.15, -0.1) is 0 Å². The Labute approximate surface area is 123 Å². The van der Waals surface area contributed by atoms with Crippen LogP contribution < -0.4 is 9.62 Å². The molecule has 1 N–H and O–H groups in total. The Morgan fingerprint density at radius 3 is 2.43 bits per heavy atom. The molecule has 0 unspecified atom stereocenters. The molecule has 1 atom stereocenters. The highest BCUT2D eigenvalue weighted by atomic mass is 32.2. The molecule has 1 aromatic carbocycles. The molecule has 1 amide bonds. The van der Waals surface area contributed by atoms with Crippen LogP contribution in [0.4, 0.5) is 10.1 Å². The van der Waals surface area contributed by atoms with Gasteiger partial charge >= 0.3 is 0 Å². The first-order valence-corrected chi connectivity index (χ1v) is 8.14. The van der Waals surface area contributed by atoms with E-state index in [4.69, 9.17) is 4.74 Å². The molecule has 1 rings (SSSR count). The van der Waals surface area contributed by atoms with E-state index < -0.39 is 27.8 Å². The number of nitrogens with zero attached hydrogens (tertiary/aromatic N) is 1. The highest BCUT2D eigenvalue weighted by Gasteiger charge is 2.28. The summed E-state index contributed by atoms with van der Waals surface area (Å²) in [6.07, 6.45) is 0.995. The third-order valence-corrected chi connectivity index (χ3v) is 4.02. The van der Waals surface area contributed by atoms with Crippen molar-refractivity contribution in [2.24, 2.45) is 0 Å². The van der Waals surface area contributed by atoms with Crippen molar-refractivity contribution in [1.82, 2.24) is 5.32 Å². The molecule has 8 heteroatoms. The van der Waals surface area contributed by atoms with E-state index in [1.54, 1.807) is 0 Å². The van der Waals surface area contributed by atoms with E-state index in [2.05, 4.69) is 5.32 Å². The minimum absolute atomic E-state index is 0.230. The Morgan fingerprint density at radius 2 is 1.95 bits per heavy atom. The molecule has 0 saturated heterocycles. The summed E-state index contributed by atoms with van der Waals surface area (Å²) in [7, 11) is -2.19. The molecule has 6 nitrogen and oxygen atoms in total. The van der Waals surface area contributed by atoms with Crippen LogP contribution in [0.2, 0.25) is 0 Å². The lowest BCUT2D eigenvalue weighted by Crippen LogP contribution is -2.48. The maximum Gasteiger partial charge on any atom is 0.243 e. The normalized spacial score (nSPS) is 12.8. The summed E-state index contributed by atoms with van der Waals surface area (Å²) in [6, 6.07) is 3.96. The van der Waals surface area contributed by atoms with Crippen LogP contribution in [0.3, 0.4) is 0 Å². The molecule has 0 bridgehead atoms. The van der Waals surface area contributed by atoms with E-state index in [0.717, 1.165) is 22.7 Å². The fourth-order valence-corrected chi connectivity index (χ4v) is 3.00. The lowest BCUT2D eigenvalue weighted by molar-refractivity contribution is -0.122. The molecular formula is C13H19FN2O4S. The highest BCUT2D eigenvalue weighted by Crippen LogP contribution is 2.21. The number of sulfonamides is 1. The number of nitrogens with one attached hydrogen (secondary N) is 1. The number of rotatable bonds is 7. The summed E-state index contributed by atoms with van der Waals surface area (Å²) in [6.45, 7) is 2.07. The molecule has 0 aromatic heterocycles. The van der Waals surface area contributed by atoms with Gasteiger partial charge in [-0.3, -0.25) is 9.10 Å². The summed E-state index contributed by atoms with van der Waals surface area (Å²) in [4.78, 5) is 12.0. The second kappa shape index (κ2) is 7.37. The fraction of sp³-hybridized carbons (Fsp3) is 0.462. The van der Waals surface area contributed by atoms with Gasteiger partial charge in [-0.05, 0) is 31.2 Å². The molecule has 118 valence electrons. The van der Waals surface area contributed by atoms with Gasteiger partial charge in [0.2, 0.25) is 15.9 Å². The maximum absolute atomic E-state index is 13.0. The van der Waals surface area contributed by atoms with Gasteiger partial charge in [0.05, 0.1) is 18.6 Å². The second-order valence-corrected chi connectivity index (χ2v) is 6.35. The maximum atomic E-state index is 13.0. The molecule has 0 aliphatic rings. The summed E-state index contributed by atoms with van der Waals surface area (Å²) in [5.74, 6) is -0.939. The topological polar surface area (TPSA) is 75.7 Å². The Morgan fingerprint density at radius 1 is 1.38 bits per heavy atom. The lowest BCUT2D eigenvalue weighted by Gasteiger charge is -2.28. The number of anilines is 1. The van der Waals surface area contributed by atoms with E-state index in [1.807, 2.05) is 0 Å². The minimum atomic E-state index is -3.69. The number of benzene rings is 1. The van der Waals surface area contributed by atoms with E-state index in [0.29, 0.717) is 6.61 Å². The number of carbonyl (C=O) groups is 1. The SMILES string of the molecule is COCCNC(=O)[C@H](C)N(c1ccc(F)cc1)S(C)(=O)=O. The molecule has 0 radical (unpaired) electrons. The highest BCUT2D eigenvalue weighted by molar-refractivity contribution is 7.92. The van der Waals surface area contributed by atoms with E-state index in [1.165, 1.54) is 26.2 Å². The lowest BCUT2D eigenvalue weighted by atomic mass is 10.2. The molecular weight excluding hydrogens is 299 g/mol. The summed E-state index contributed by atoms with van der Waals surface area (Å²) in [5.41, 5.74) is 0.230. The van der Waals surface area contributed by atoms with Crippen molar-refractivity contribution in [3.05, 3.63) is 30.1 Å². The Hall–Kier alpha value is -1.67. The first kappa shape index (κ1) is 17.4. The van der Waals surface area contributed by atoms with E-state index >= 15 is 0 Å². The van der Waals surface area contributed by atoms with Gasteiger partial charge in [-0.1, -0.05) is 0 Å². The number of halogens is 1. The number of hydrogen-bond donors (Lipinski definition) is 1. The molecule has 0 aliphatic heterocycles. The summed E-state index contributed by atoms with van der Waals surface area (Å²) < 4.78 is 42.6. The fourth-order valence-electron chi connectivity index (χ4n) is 1.82. The first-order chi connectivity index (χ1) is 9.77. The number of methoxy groups -OCH3 is 1. The van der Waals surface area contributed by atoms with Crippen molar-refractivity contribution in [2.75, 3.05) is 30.8 Å². The van der Waals surface area contributed by atoms with Crippen molar-refractivity contribution >= 4 is 21.6 Å². The molecule has 0 saturated carbocycles. The van der Waals surface area contributed by atoms with Crippen LogP contribution in [-0.2, 0) is 19.6 Å². The van der Waals surface area contributed by atoms with Crippen LogP contribution in [0.1, 0.15) is 6.92 Å². The van der Waals surface area contributed by atoms with Gasteiger partial charge in [-0.2, -0.15) is 0 Å². The Kier molecular flexibility index (Phi) is 6.10. The standard InChI is InChI=1S/C13H19FN2O4S/c1-10(13(17)15-8-9-20-2)16(21(3,18)19)12-6-4-11(14)5-7-12/h4-7,10H,8-9H2,1-3H3,(H,15,17)/t10-/m0/s1. The summed E-state index contributed by atoms with van der Waals surface area (Å²) >= 11 is 0. The van der Waals surface area contributed by atoms with Crippen LogP contribution >= 0.6 is 0 Å². The van der Waals surface area contributed by atoms with Crippen molar-refractivity contribution in [1.29, 1.82) is 0 Å². The first-order valence-electron chi connectivity index (χ1n) is 6.29. The number of amides is 1. The zero-order valence-corrected chi connectivity index (χ0v) is 13.0. The van der Waals surface area contributed by atoms with Gasteiger partial charge < -0.3 is 10.1 Å². The molecule has 1 aromatic rings. The number of ether oxygens (including phenoxy) is 1. The predicted octanol–water partition coefficient (Wildman–Crippen LogP) is 0.743. The van der Waals surface area contributed by atoms with Gasteiger partial charge in [0.1, 0.15) is 11.9 Å². The molecule has 0 spiro atoms. The largest absolute Gasteiger partial charge is 0.383 e. The number of hydrogen-bond acceptors (Lipinski definition) is 4. The molecule has 21 heavy (non-hydrogen) atoms. The third-order valence-electron chi connectivity index (χ3n) is 2.78. The molecule has 0 fully saturated rings. The molecule has 0 heterocycles. The van der Waals surface area contributed by atoms with Crippen LogP contribution in [-0.4, -0.2) is 46.9 Å². The average molecular weight is 318 g/mol. The van der Waals surface area contributed by atoms with Crippen LogP contribution in [0.25, 0.3) is 0 Å². The van der Waals surface area contributed by atoms with Gasteiger partial charge in [-0.25, -0.2) is 12.8 Å². The zero-order valence-electron chi connectivity index (χ0n) is 12.2.